The lowest BCUT2D eigenvalue weighted by molar-refractivity contribution is 0.492. The predicted molar refractivity (Wildman–Crippen MR) is 62.5 cm³/mol. The van der Waals surface area contributed by atoms with Gasteiger partial charge in [0, 0.05) is 24.6 Å². The summed E-state index contributed by atoms with van der Waals surface area (Å²) in [7, 11) is 0. The van der Waals surface area contributed by atoms with Gasteiger partial charge in [0.25, 0.3) is 0 Å². The molecule has 0 aliphatic rings. The highest BCUT2D eigenvalue weighted by Crippen LogP contribution is 2.07. The highest BCUT2D eigenvalue weighted by Gasteiger charge is 2.04. The summed E-state index contributed by atoms with van der Waals surface area (Å²) in [5, 5.41) is 3.45. The molecule has 1 heterocycles. The van der Waals surface area contributed by atoms with Crippen LogP contribution in [0.5, 0.6) is 0 Å². The molecule has 1 aromatic rings. The van der Waals surface area contributed by atoms with E-state index in [0.29, 0.717) is 6.04 Å². The molecule has 0 aromatic carbocycles. The zero-order valence-corrected chi connectivity index (χ0v) is 9.90. The van der Waals surface area contributed by atoms with Gasteiger partial charge in [-0.05, 0) is 32.2 Å². The second kappa shape index (κ2) is 6.51. The molecule has 84 valence electrons. The van der Waals surface area contributed by atoms with Gasteiger partial charge in [0.05, 0.1) is 5.69 Å². The zero-order chi connectivity index (χ0) is 11.1. The standard InChI is InChI=1S/C12H21N3/c1-10(2)5-4-6-14-11(3)12-9-13-7-8-15-12/h7-11,14H,4-6H2,1-3H3. The molecular formula is C12H21N3. The Morgan fingerprint density at radius 1 is 1.27 bits per heavy atom. The van der Waals surface area contributed by atoms with Crippen molar-refractivity contribution in [2.75, 3.05) is 6.54 Å². The van der Waals surface area contributed by atoms with Crippen molar-refractivity contribution < 1.29 is 0 Å². The number of hydrogen-bond acceptors (Lipinski definition) is 3. The number of nitrogens with zero attached hydrogens (tertiary/aromatic N) is 2. The lowest BCUT2D eigenvalue weighted by atomic mass is 10.1. The van der Waals surface area contributed by atoms with Crippen molar-refractivity contribution in [1.82, 2.24) is 15.3 Å². The smallest absolute Gasteiger partial charge is 0.0753 e. The molecular weight excluding hydrogens is 186 g/mol. The van der Waals surface area contributed by atoms with E-state index in [1.54, 1.807) is 12.4 Å². The molecule has 0 bridgehead atoms. The SMILES string of the molecule is CC(C)CCCNC(C)c1cnccn1. The van der Waals surface area contributed by atoms with E-state index in [1.807, 2.05) is 6.20 Å². The van der Waals surface area contributed by atoms with E-state index in [-0.39, 0.29) is 0 Å². The van der Waals surface area contributed by atoms with Crippen LogP contribution in [0.4, 0.5) is 0 Å². The highest BCUT2D eigenvalue weighted by atomic mass is 14.9. The summed E-state index contributed by atoms with van der Waals surface area (Å²) in [6.07, 6.45) is 7.76. The Morgan fingerprint density at radius 2 is 2.07 bits per heavy atom. The van der Waals surface area contributed by atoms with Crippen molar-refractivity contribution in [2.45, 2.75) is 39.7 Å². The van der Waals surface area contributed by atoms with Crippen LogP contribution in [0.3, 0.4) is 0 Å². The lowest BCUT2D eigenvalue weighted by Gasteiger charge is -2.13. The Balaban J connectivity index is 2.22. The van der Waals surface area contributed by atoms with Crippen LogP contribution in [0.2, 0.25) is 0 Å². The monoisotopic (exact) mass is 207 g/mol. The number of nitrogens with one attached hydrogen (secondary N) is 1. The third-order valence-electron chi connectivity index (χ3n) is 2.44. The number of hydrogen-bond donors (Lipinski definition) is 1. The second-order valence-corrected chi connectivity index (χ2v) is 4.34. The minimum absolute atomic E-state index is 0.297. The van der Waals surface area contributed by atoms with Gasteiger partial charge in [0.2, 0.25) is 0 Å². The van der Waals surface area contributed by atoms with Crippen molar-refractivity contribution in [1.29, 1.82) is 0 Å². The minimum atomic E-state index is 0.297. The first-order chi connectivity index (χ1) is 7.20. The molecule has 1 rings (SSSR count). The van der Waals surface area contributed by atoms with Gasteiger partial charge in [-0.2, -0.15) is 0 Å². The summed E-state index contributed by atoms with van der Waals surface area (Å²) in [5.41, 5.74) is 1.02. The summed E-state index contributed by atoms with van der Waals surface area (Å²) in [4.78, 5) is 8.33. The lowest BCUT2D eigenvalue weighted by Crippen LogP contribution is -2.21. The van der Waals surface area contributed by atoms with E-state index in [1.165, 1.54) is 12.8 Å². The molecule has 3 nitrogen and oxygen atoms in total. The van der Waals surface area contributed by atoms with E-state index in [2.05, 4.69) is 36.1 Å². The molecule has 1 atom stereocenters. The van der Waals surface area contributed by atoms with Gasteiger partial charge in [-0.1, -0.05) is 13.8 Å². The van der Waals surface area contributed by atoms with Crippen LogP contribution in [0.15, 0.2) is 18.6 Å². The predicted octanol–water partition coefficient (Wildman–Crippen LogP) is 2.56. The summed E-state index contributed by atoms with van der Waals surface area (Å²) in [6, 6.07) is 0.297. The van der Waals surface area contributed by atoms with Gasteiger partial charge in [0.1, 0.15) is 0 Å². The van der Waals surface area contributed by atoms with Crippen molar-refractivity contribution in [2.24, 2.45) is 5.92 Å². The average Bonchev–Trinajstić information content (AvgIpc) is 2.25. The molecule has 0 amide bonds. The number of rotatable bonds is 6. The van der Waals surface area contributed by atoms with Gasteiger partial charge in [-0.15, -0.1) is 0 Å². The Kier molecular flexibility index (Phi) is 5.26. The van der Waals surface area contributed by atoms with E-state index < -0.39 is 0 Å². The van der Waals surface area contributed by atoms with Gasteiger partial charge in [0.15, 0.2) is 0 Å². The van der Waals surface area contributed by atoms with Crippen LogP contribution in [0.25, 0.3) is 0 Å². The molecule has 3 heteroatoms. The maximum atomic E-state index is 4.27. The fraction of sp³-hybridized carbons (Fsp3) is 0.667. The van der Waals surface area contributed by atoms with Gasteiger partial charge >= 0.3 is 0 Å². The summed E-state index contributed by atoms with van der Waals surface area (Å²) < 4.78 is 0. The molecule has 0 aliphatic carbocycles. The van der Waals surface area contributed by atoms with Crippen molar-refractivity contribution in [3.05, 3.63) is 24.3 Å². The molecule has 1 N–H and O–H groups in total. The quantitative estimate of drug-likeness (QED) is 0.728. The van der Waals surface area contributed by atoms with Crippen molar-refractivity contribution in [3.63, 3.8) is 0 Å². The highest BCUT2D eigenvalue weighted by molar-refractivity contribution is 5.00. The van der Waals surface area contributed by atoms with Gasteiger partial charge in [-0.25, -0.2) is 0 Å². The number of aromatic nitrogens is 2. The fourth-order valence-electron chi connectivity index (χ4n) is 1.47. The summed E-state index contributed by atoms with van der Waals surface area (Å²) >= 11 is 0. The van der Waals surface area contributed by atoms with Crippen LogP contribution < -0.4 is 5.32 Å². The van der Waals surface area contributed by atoms with E-state index in [9.17, 15) is 0 Å². The van der Waals surface area contributed by atoms with Crippen LogP contribution >= 0.6 is 0 Å². The van der Waals surface area contributed by atoms with Gasteiger partial charge < -0.3 is 5.32 Å². The molecule has 0 spiro atoms. The van der Waals surface area contributed by atoms with Crippen LogP contribution in [0, 0.1) is 5.92 Å². The first-order valence-corrected chi connectivity index (χ1v) is 5.69. The normalized spacial score (nSPS) is 13.1. The molecule has 1 unspecified atom stereocenters. The molecule has 0 aliphatic heterocycles. The largest absolute Gasteiger partial charge is 0.309 e. The third kappa shape index (κ3) is 4.88. The van der Waals surface area contributed by atoms with Crippen molar-refractivity contribution >= 4 is 0 Å². The zero-order valence-electron chi connectivity index (χ0n) is 9.90. The van der Waals surface area contributed by atoms with E-state index >= 15 is 0 Å². The average molecular weight is 207 g/mol. The van der Waals surface area contributed by atoms with Crippen LogP contribution in [0.1, 0.15) is 45.3 Å². The molecule has 0 saturated carbocycles. The summed E-state index contributed by atoms with van der Waals surface area (Å²) in [5.74, 6) is 0.790. The summed E-state index contributed by atoms with van der Waals surface area (Å²) in [6.45, 7) is 7.69. The minimum Gasteiger partial charge on any atom is -0.309 e. The van der Waals surface area contributed by atoms with E-state index in [4.69, 9.17) is 0 Å². The van der Waals surface area contributed by atoms with E-state index in [0.717, 1.165) is 18.2 Å². The molecule has 1 aromatic heterocycles. The first-order valence-electron chi connectivity index (χ1n) is 5.69. The Morgan fingerprint density at radius 3 is 2.67 bits per heavy atom. The molecule has 0 radical (unpaired) electrons. The molecule has 0 fully saturated rings. The Bertz CT molecular complexity index is 259. The first kappa shape index (κ1) is 12.1. The fourth-order valence-corrected chi connectivity index (χ4v) is 1.47. The molecule has 0 saturated heterocycles. The van der Waals surface area contributed by atoms with Crippen LogP contribution in [-0.2, 0) is 0 Å². The topological polar surface area (TPSA) is 37.8 Å². The third-order valence-corrected chi connectivity index (χ3v) is 2.44. The second-order valence-electron chi connectivity index (χ2n) is 4.34. The maximum Gasteiger partial charge on any atom is 0.0753 e. The van der Waals surface area contributed by atoms with Crippen LogP contribution in [-0.4, -0.2) is 16.5 Å². The maximum absolute atomic E-state index is 4.27. The molecule has 15 heavy (non-hydrogen) atoms. The Hall–Kier alpha value is -0.960. The Labute approximate surface area is 92.3 Å². The van der Waals surface area contributed by atoms with Gasteiger partial charge in [-0.3, -0.25) is 9.97 Å². The van der Waals surface area contributed by atoms with Crippen molar-refractivity contribution in [3.8, 4) is 0 Å².